The van der Waals surface area contributed by atoms with Crippen molar-refractivity contribution in [3.05, 3.63) is 59.7 Å². The maximum atomic E-state index is 12.6. The molecule has 0 saturated heterocycles. The van der Waals surface area contributed by atoms with Gasteiger partial charge in [-0.05, 0) is 57.3 Å². The van der Waals surface area contributed by atoms with Crippen LogP contribution >= 0.6 is 12.2 Å². The van der Waals surface area contributed by atoms with Crippen molar-refractivity contribution in [1.29, 1.82) is 0 Å². The molecule has 0 heterocycles. The molecule has 0 atom stereocenters. The van der Waals surface area contributed by atoms with Gasteiger partial charge in [0.05, 0.1) is 22.9 Å². The van der Waals surface area contributed by atoms with E-state index in [2.05, 4.69) is 16.0 Å². The van der Waals surface area contributed by atoms with Gasteiger partial charge in [0.1, 0.15) is 5.75 Å². The lowest BCUT2D eigenvalue weighted by molar-refractivity contribution is 0.0953. The zero-order valence-corrected chi connectivity index (χ0v) is 16.4. The topological polar surface area (TPSA) is 79.5 Å². The monoisotopic (exact) mass is 385 g/mol. The summed E-state index contributed by atoms with van der Waals surface area (Å²) in [5.74, 6) is -0.125. The van der Waals surface area contributed by atoms with E-state index >= 15 is 0 Å². The SMILES string of the molecule is CCNC(=O)c1ccccc1NC(=S)NC(=O)c1ccccc1OC(C)C. The van der Waals surface area contributed by atoms with Gasteiger partial charge in [0.25, 0.3) is 11.8 Å². The quantitative estimate of drug-likeness (QED) is 0.665. The molecule has 0 aromatic heterocycles. The number of para-hydroxylation sites is 2. The van der Waals surface area contributed by atoms with Gasteiger partial charge in [-0.1, -0.05) is 24.3 Å². The average molecular weight is 385 g/mol. The summed E-state index contributed by atoms with van der Waals surface area (Å²) in [6.45, 7) is 6.13. The Morgan fingerprint density at radius 1 is 1.00 bits per heavy atom. The van der Waals surface area contributed by atoms with Gasteiger partial charge in [0.15, 0.2) is 5.11 Å². The van der Waals surface area contributed by atoms with Gasteiger partial charge in [-0.3, -0.25) is 14.9 Å². The van der Waals surface area contributed by atoms with Crippen LogP contribution in [0.25, 0.3) is 0 Å². The zero-order chi connectivity index (χ0) is 19.8. The van der Waals surface area contributed by atoms with Crippen LogP contribution in [0.5, 0.6) is 5.75 Å². The van der Waals surface area contributed by atoms with E-state index in [1.807, 2.05) is 20.8 Å². The molecule has 0 fully saturated rings. The minimum absolute atomic E-state index is 0.0621. The highest BCUT2D eigenvalue weighted by atomic mass is 32.1. The van der Waals surface area contributed by atoms with Crippen molar-refractivity contribution >= 4 is 34.8 Å². The number of amides is 2. The molecule has 0 saturated carbocycles. The molecule has 0 aliphatic rings. The van der Waals surface area contributed by atoms with E-state index in [1.165, 1.54) is 0 Å². The van der Waals surface area contributed by atoms with Crippen molar-refractivity contribution in [3.8, 4) is 5.75 Å². The lowest BCUT2D eigenvalue weighted by atomic mass is 10.1. The first-order valence-electron chi connectivity index (χ1n) is 8.67. The molecule has 7 heteroatoms. The minimum Gasteiger partial charge on any atom is -0.490 e. The summed E-state index contributed by atoms with van der Waals surface area (Å²) < 4.78 is 5.67. The van der Waals surface area contributed by atoms with Gasteiger partial charge >= 0.3 is 0 Å². The van der Waals surface area contributed by atoms with Crippen LogP contribution in [-0.2, 0) is 0 Å². The summed E-state index contributed by atoms with van der Waals surface area (Å²) in [7, 11) is 0. The van der Waals surface area contributed by atoms with E-state index in [9.17, 15) is 9.59 Å². The predicted molar refractivity (Wildman–Crippen MR) is 110 cm³/mol. The van der Waals surface area contributed by atoms with Crippen molar-refractivity contribution in [1.82, 2.24) is 10.6 Å². The van der Waals surface area contributed by atoms with Crippen molar-refractivity contribution in [3.63, 3.8) is 0 Å². The molecule has 2 aromatic rings. The van der Waals surface area contributed by atoms with Crippen molar-refractivity contribution < 1.29 is 14.3 Å². The Hall–Kier alpha value is -2.93. The molecule has 2 aromatic carbocycles. The summed E-state index contributed by atoms with van der Waals surface area (Å²) in [6.07, 6.45) is -0.0621. The Bertz CT molecular complexity index is 837. The summed E-state index contributed by atoms with van der Waals surface area (Å²) in [5.41, 5.74) is 1.34. The van der Waals surface area contributed by atoms with Gasteiger partial charge in [-0.2, -0.15) is 0 Å². The number of anilines is 1. The molecule has 0 unspecified atom stereocenters. The molecule has 0 aliphatic carbocycles. The van der Waals surface area contributed by atoms with Gasteiger partial charge in [0, 0.05) is 6.54 Å². The van der Waals surface area contributed by atoms with Crippen LogP contribution in [0.1, 0.15) is 41.5 Å². The molecular formula is C20H23N3O3S. The third kappa shape index (κ3) is 5.79. The number of carbonyl (C=O) groups excluding carboxylic acids is 2. The molecular weight excluding hydrogens is 362 g/mol. The molecule has 2 rings (SSSR count). The first kappa shape index (κ1) is 20.4. The first-order chi connectivity index (χ1) is 12.9. The molecule has 0 bridgehead atoms. The number of rotatable bonds is 6. The van der Waals surface area contributed by atoms with Gasteiger partial charge in [-0.25, -0.2) is 0 Å². The summed E-state index contributed by atoms with van der Waals surface area (Å²) in [5, 5.41) is 8.37. The molecule has 3 N–H and O–H groups in total. The fourth-order valence-corrected chi connectivity index (χ4v) is 2.58. The van der Waals surface area contributed by atoms with E-state index in [0.29, 0.717) is 29.1 Å². The minimum atomic E-state index is -0.390. The summed E-state index contributed by atoms with van der Waals surface area (Å²) in [6, 6.07) is 13.9. The van der Waals surface area contributed by atoms with E-state index in [-0.39, 0.29) is 23.0 Å². The third-order valence-corrected chi connectivity index (χ3v) is 3.68. The smallest absolute Gasteiger partial charge is 0.261 e. The Labute approximate surface area is 164 Å². The standard InChI is InChI=1S/C20H23N3O3S/c1-4-21-18(24)14-9-5-7-11-16(14)22-20(27)23-19(25)15-10-6-8-12-17(15)26-13(2)3/h5-13H,4H2,1-3H3,(H,21,24)(H2,22,23,25,27). The Balaban J connectivity index is 2.11. The van der Waals surface area contributed by atoms with E-state index < -0.39 is 0 Å². The number of carbonyl (C=O) groups is 2. The van der Waals surface area contributed by atoms with Crippen molar-refractivity contribution in [2.75, 3.05) is 11.9 Å². The number of hydrogen-bond donors (Lipinski definition) is 3. The van der Waals surface area contributed by atoms with E-state index in [0.717, 1.165) is 0 Å². The van der Waals surface area contributed by atoms with Crippen LogP contribution in [-0.4, -0.2) is 29.6 Å². The third-order valence-electron chi connectivity index (χ3n) is 3.48. The maximum absolute atomic E-state index is 12.6. The largest absolute Gasteiger partial charge is 0.490 e. The van der Waals surface area contributed by atoms with Crippen LogP contribution in [0.3, 0.4) is 0 Å². The Morgan fingerprint density at radius 2 is 1.63 bits per heavy atom. The maximum Gasteiger partial charge on any atom is 0.261 e. The Kier molecular flexibility index (Phi) is 7.31. The van der Waals surface area contributed by atoms with Crippen molar-refractivity contribution in [2.45, 2.75) is 26.9 Å². The number of thiocarbonyl (C=S) groups is 1. The Morgan fingerprint density at radius 3 is 2.30 bits per heavy atom. The molecule has 0 spiro atoms. The normalized spacial score (nSPS) is 10.2. The van der Waals surface area contributed by atoms with E-state index in [1.54, 1.807) is 48.5 Å². The van der Waals surface area contributed by atoms with Gasteiger partial charge < -0.3 is 15.4 Å². The fraction of sp³-hybridized carbons (Fsp3) is 0.250. The van der Waals surface area contributed by atoms with Gasteiger partial charge in [0.2, 0.25) is 0 Å². The van der Waals surface area contributed by atoms with Gasteiger partial charge in [-0.15, -0.1) is 0 Å². The predicted octanol–water partition coefficient (Wildman–Crippen LogP) is 3.35. The van der Waals surface area contributed by atoms with Crippen molar-refractivity contribution in [2.24, 2.45) is 0 Å². The second kappa shape index (κ2) is 9.68. The number of ether oxygens (including phenoxy) is 1. The van der Waals surface area contributed by atoms with E-state index in [4.69, 9.17) is 17.0 Å². The molecule has 6 nitrogen and oxygen atoms in total. The number of nitrogens with one attached hydrogen (secondary N) is 3. The molecule has 2 amide bonds. The lowest BCUT2D eigenvalue weighted by Crippen LogP contribution is -2.35. The molecule has 142 valence electrons. The van der Waals surface area contributed by atoms with Crippen LogP contribution in [0.2, 0.25) is 0 Å². The second-order valence-electron chi connectivity index (χ2n) is 5.98. The number of benzene rings is 2. The first-order valence-corrected chi connectivity index (χ1v) is 9.08. The highest BCUT2D eigenvalue weighted by Gasteiger charge is 2.16. The highest BCUT2D eigenvalue weighted by Crippen LogP contribution is 2.19. The van der Waals surface area contributed by atoms with Crippen LogP contribution < -0.4 is 20.7 Å². The van der Waals surface area contributed by atoms with Crippen LogP contribution in [0.15, 0.2) is 48.5 Å². The highest BCUT2D eigenvalue weighted by molar-refractivity contribution is 7.80. The summed E-state index contributed by atoms with van der Waals surface area (Å²) in [4.78, 5) is 24.7. The lowest BCUT2D eigenvalue weighted by Gasteiger charge is -2.15. The van der Waals surface area contributed by atoms with Crippen LogP contribution in [0, 0.1) is 0 Å². The molecule has 0 radical (unpaired) electrons. The number of hydrogen-bond acceptors (Lipinski definition) is 4. The zero-order valence-electron chi connectivity index (χ0n) is 15.5. The fourth-order valence-electron chi connectivity index (χ4n) is 2.38. The second-order valence-corrected chi connectivity index (χ2v) is 6.38. The summed E-state index contributed by atoms with van der Waals surface area (Å²) >= 11 is 5.24. The average Bonchev–Trinajstić information content (AvgIpc) is 2.62. The molecule has 27 heavy (non-hydrogen) atoms. The molecule has 0 aliphatic heterocycles. The van der Waals surface area contributed by atoms with Crippen LogP contribution in [0.4, 0.5) is 5.69 Å².